The normalized spacial score (nSPS) is 18.7. The number of rotatable bonds is 7. The molecule has 1 atom stereocenters. The second-order valence-electron chi connectivity index (χ2n) is 6.51. The molecular weight excluding hydrogens is 354 g/mol. The Morgan fingerprint density at radius 2 is 2.08 bits per heavy atom. The van der Waals surface area contributed by atoms with E-state index in [4.69, 9.17) is 0 Å². The maximum Gasteiger partial charge on any atom is 0.246 e. The number of carbonyl (C=O) groups excluding carboxylic acids is 1. The van der Waals surface area contributed by atoms with Gasteiger partial charge in [0.25, 0.3) is 0 Å². The lowest BCUT2D eigenvalue weighted by atomic mass is 10.2. The first-order valence-corrected chi connectivity index (χ1v) is 10.6. The van der Waals surface area contributed by atoms with Crippen LogP contribution >= 0.6 is 0 Å². The highest BCUT2D eigenvalue weighted by Crippen LogP contribution is 2.19. The van der Waals surface area contributed by atoms with Gasteiger partial charge in [-0.15, -0.1) is 10.2 Å². The summed E-state index contributed by atoms with van der Waals surface area (Å²) in [5, 5.41) is 12.2. The molecule has 0 radical (unpaired) electrons. The number of carbonyl (C=O) groups is 1. The SMILES string of the molecule is CCCCN(C(=O)Cn1nnc(-c2ccccc2)n1)C1CCS(=O)(=O)C1. The summed E-state index contributed by atoms with van der Waals surface area (Å²) in [6.07, 6.45) is 2.27. The first kappa shape index (κ1) is 18.5. The van der Waals surface area contributed by atoms with Crippen molar-refractivity contribution >= 4 is 15.7 Å². The Balaban J connectivity index is 1.70. The van der Waals surface area contributed by atoms with Crippen molar-refractivity contribution in [3.63, 3.8) is 0 Å². The number of benzene rings is 1. The van der Waals surface area contributed by atoms with Gasteiger partial charge in [0.05, 0.1) is 11.5 Å². The summed E-state index contributed by atoms with van der Waals surface area (Å²) in [4.78, 5) is 15.7. The van der Waals surface area contributed by atoms with Crippen LogP contribution in [-0.4, -0.2) is 63.5 Å². The first-order valence-electron chi connectivity index (χ1n) is 8.81. The van der Waals surface area contributed by atoms with E-state index >= 15 is 0 Å². The van der Waals surface area contributed by atoms with E-state index in [1.807, 2.05) is 37.3 Å². The Bertz CT molecular complexity index is 850. The quantitative estimate of drug-likeness (QED) is 0.718. The highest BCUT2D eigenvalue weighted by Gasteiger charge is 2.34. The highest BCUT2D eigenvalue weighted by atomic mass is 32.2. The van der Waals surface area contributed by atoms with Crippen LogP contribution in [-0.2, 0) is 21.2 Å². The van der Waals surface area contributed by atoms with Crippen molar-refractivity contribution in [2.75, 3.05) is 18.1 Å². The van der Waals surface area contributed by atoms with E-state index < -0.39 is 9.84 Å². The lowest BCUT2D eigenvalue weighted by Gasteiger charge is -2.28. The van der Waals surface area contributed by atoms with Crippen LogP contribution in [0.2, 0.25) is 0 Å². The predicted octanol–water partition coefficient (Wildman–Crippen LogP) is 1.16. The average molecular weight is 377 g/mol. The van der Waals surface area contributed by atoms with E-state index in [1.165, 1.54) is 4.80 Å². The van der Waals surface area contributed by atoms with E-state index in [9.17, 15) is 13.2 Å². The van der Waals surface area contributed by atoms with E-state index in [-0.39, 0.29) is 30.0 Å². The number of unbranched alkanes of at least 4 members (excludes halogenated alkanes) is 1. The monoisotopic (exact) mass is 377 g/mol. The van der Waals surface area contributed by atoms with Crippen LogP contribution in [0.5, 0.6) is 0 Å². The summed E-state index contributed by atoms with van der Waals surface area (Å²) in [5.74, 6) is 0.482. The molecule has 0 aliphatic carbocycles. The molecular formula is C17H23N5O3S. The highest BCUT2D eigenvalue weighted by molar-refractivity contribution is 7.91. The fraction of sp³-hybridized carbons (Fsp3) is 0.529. The molecule has 1 amide bonds. The van der Waals surface area contributed by atoms with Crippen molar-refractivity contribution in [2.45, 2.75) is 38.8 Å². The number of tetrazole rings is 1. The summed E-state index contributed by atoms with van der Waals surface area (Å²) < 4.78 is 23.6. The number of aromatic nitrogens is 4. The molecule has 0 spiro atoms. The smallest absolute Gasteiger partial charge is 0.246 e. The molecule has 26 heavy (non-hydrogen) atoms. The van der Waals surface area contributed by atoms with Crippen LogP contribution < -0.4 is 0 Å². The third-order valence-electron chi connectivity index (χ3n) is 4.48. The van der Waals surface area contributed by atoms with Crippen LogP contribution in [0.25, 0.3) is 11.4 Å². The zero-order valence-electron chi connectivity index (χ0n) is 14.8. The summed E-state index contributed by atoms with van der Waals surface area (Å²) in [6, 6.07) is 9.16. The minimum Gasteiger partial charge on any atom is -0.337 e. The lowest BCUT2D eigenvalue weighted by Crippen LogP contribution is -2.43. The van der Waals surface area contributed by atoms with Crippen LogP contribution in [0.4, 0.5) is 0 Å². The van der Waals surface area contributed by atoms with Crippen molar-refractivity contribution in [3.8, 4) is 11.4 Å². The minimum atomic E-state index is -3.05. The van der Waals surface area contributed by atoms with Crippen molar-refractivity contribution in [1.82, 2.24) is 25.1 Å². The summed E-state index contributed by atoms with van der Waals surface area (Å²) in [5.41, 5.74) is 0.830. The maximum atomic E-state index is 12.8. The van der Waals surface area contributed by atoms with Gasteiger partial charge >= 0.3 is 0 Å². The molecule has 3 rings (SSSR count). The lowest BCUT2D eigenvalue weighted by molar-refractivity contribution is -0.134. The topological polar surface area (TPSA) is 98.1 Å². The van der Waals surface area contributed by atoms with Gasteiger partial charge in [0, 0.05) is 18.2 Å². The molecule has 1 aliphatic heterocycles. The number of amides is 1. The van der Waals surface area contributed by atoms with E-state index in [2.05, 4.69) is 15.4 Å². The Morgan fingerprint density at radius 3 is 2.73 bits per heavy atom. The molecule has 1 saturated heterocycles. The van der Waals surface area contributed by atoms with Crippen LogP contribution in [0.3, 0.4) is 0 Å². The Labute approximate surface area is 153 Å². The predicted molar refractivity (Wildman–Crippen MR) is 96.9 cm³/mol. The molecule has 9 heteroatoms. The summed E-state index contributed by atoms with van der Waals surface area (Å²) in [7, 11) is -3.05. The van der Waals surface area contributed by atoms with Gasteiger partial charge in [-0.1, -0.05) is 43.7 Å². The zero-order chi connectivity index (χ0) is 18.6. The van der Waals surface area contributed by atoms with E-state index in [1.54, 1.807) is 4.90 Å². The summed E-state index contributed by atoms with van der Waals surface area (Å²) >= 11 is 0. The number of sulfone groups is 1. The summed E-state index contributed by atoms with van der Waals surface area (Å²) in [6.45, 7) is 2.55. The fourth-order valence-corrected chi connectivity index (χ4v) is 4.82. The first-order chi connectivity index (χ1) is 12.5. The number of nitrogens with zero attached hydrogens (tertiary/aromatic N) is 5. The fourth-order valence-electron chi connectivity index (χ4n) is 3.09. The molecule has 1 aromatic carbocycles. The largest absolute Gasteiger partial charge is 0.337 e. The van der Waals surface area contributed by atoms with Crippen LogP contribution in [0, 0.1) is 0 Å². The molecule has 1 aliphatic rings. The average Bonchev–Trinajstić information content (AvgIpc) is 3.22. The third-order valence-corrected chi connectivity index (χ3v) is 6.23. The molecule has 0 saturated carbocycles. The maximum absolute atomic E-state index is 12.8. The standard InChI is InChI=1S/C17H23N5O3S/c1-2-3-10-21(15-9-11-26(24,25)13-15)16(23)12-22-19-17(18-20-22)14-7-5-4-6-8-14/h4-8,15H,2-3,9-13H2,1H3. The van der Waals surface area contributed by atoms with Crippen LogP contribution in [0.15, 0.2) is 30.3 Å². The number of hydrogen-bond donors (Lipinski definition) is 0. The van der Waals surface area contributed by atoms with Gasteiger partial charge in [0.15, 0.2) is 9.84 Å². The van der Waals surface area contributed by atoms with Crippen molar-refractivity contribution in [3.05, 3.63) is 30.3 Å². The van der Waals surface area contributed by atoms with Crippen LogP contribution in [0.1, 0.15) is 26.2 Å². The second kappa shape index (κ2) is 7.94. The van der Waals surface area contributed by atoms with Crippen molar-refractivity contribution in [1.29, 1.82) is 0 Å². The van der Waals surface area contributed by atoms with Gasteiger partial charge in [0.2, 0.25) is 11.7 Å². The second-order valence-corrected chi connectivity index (χ2v) is 8.74. The third kappa shape index (κ3) is 4.46. The van der Waals surface area contributed by atoms with E-state index in [0.717, 1.165) is 18.4 Å². The van der Waals surface area contributed by atoms with E-state index in [0.29, 0.717) is 18.8 Å². The van der Waals surface area contributed by atoms with Gasteiger partial charge in [-0.2, -0.15) is 4.80 Å². The zero-order valence-corrected chi connectivity index (χ0v) is 15.6. The number of hydrogen-bond acceptors (Lipinski definition) is 6. The molecule has 1 aromatic heterocycles. The molecule has 0 bridgehead atoms. The molecule has 8 nitrogen and oxygen atoms in total. The molecule has 1 unspecified atom stereocenters. The van der Waals surface area contributed by atoms with Gasteiger partial charge in [-0.05, 0) is 18.1 Å². The molecule has 2 heterocycles. The van der Waals surface area contributed by atoms with Crippen molar-refractivity contribution in [2.24, 2.45) is 0 Å². The Morgan fingerprint density at radius 1 is 1.31 bits per heavy atom. The molecule has 2 aromatic rings. The molecule has 140 valence electrons. The van der Waals surface area contributed by atoms with Gasteiger partial charge < -0.3 is 4.90 Å². The van der Waals surface area contributed by atoms with Crippen molar-refractivity contribution < 1.29 is 13.2 Å². The van der Waals surface area contributed by atoms with Gasteiger partial charge in [0.1, 0.15) is 6.54 Å². The minimum absolute atomic E-state index is 0.0416. The Hall–Kier alpha value is -2.29. The Kier molecular flexibility index (Phi) is 5.65. The van der Waals surface area contributed by atoms with Gasteiger partial charge in [-0.3, -0.25) is 4.79 Å². The molecule has 1 fully saturated rings. The van der Waals surface area contributed by atoms with Gasteiger partial charge in [-0.25, -0.2) is 8.42 Å². The molecule has 0 N–H and O–H groups in total.